The molecule has 5 nitrogen and oxygen atoms in total. The lowest BCUT2D eigenvalue weighted by atomic mass is 10.1. The number of morpholine rings is 1. The maximum Gasteiger partial charge on any atom is 0.411 e. The highest BCUT2D eigenvalue weighted by molar-refractivity contribution is 5.74. The van der Waals surface area contributed by atoms with Crippen molar-refractivity contribution in [3.05, 3.63) is 0 Å². The van der Waals surface area contributed by atoms with Gasteiger partial charge in [0.25, 0.3) is 0 Å². The van der Waals surface area contributed by atoms with E-state index < -0.39 is 17.7 Å². The van der Waals surface area contributed by atoms with E-state index in [2.05, 4.69) is 0 Å². The number of carbonyl (C=O) groups is 2. The average Bonchev–Trinajstić information content (AvgIpc) is 2.14. The van der Waals surface area contributed by atoms with E-state index in [1.807, 2.05) is 0 Å². The van der Waals surface area contributed by atoms with Crippen LogP contribution in [0.1, 0.15) is 27.7 Å². The summed E-state index contributed by atoms with van der Waals surface area (Å²) in [6.45, 7) is 7.99. The molecule has 1 heterocycles. The number of nitrogens with zero attached hydrogens (tertiary/aromatic N) is 1. The minimum atomic E-state index is -0.552. The summed E-state index contributed by atoms with van der Waals surface area (Å²) in [6.07, 6.45) is -0.00758. The summed E-state index contributed by atoms with van der Waals surface area (Å²) in [5.41, 5.74) is -0.550. The third-order valence-electron chi connectivity index (χ3n) is 2.32. The Morgan fingerprint density at radius 3 is 2.62 bits per heavy atom. The maximum absolute atomic E-state index is 11.8. The second-order valence-corrected chi connectivity index (χ2v) is 4.88. The van der Waals surface area contributed by atoms with Gasteiger partial charge in [0.15, 0.2) is 0 Å². The highest BCUT2D eigenvalue weighted by Crippen LogP contribution is 2.16. The molecule has 1 amide bonds. The predicted octanol–water partition coefficient (Wildman–Crippen LogP) is 1.21. The lowest BCUT2D eigenvalue weighted by Gasteiger charge is -2.37. The van der Waals surface area contributed by atoms with E-state index in [1.54, 1.807) is 27.7 Å². The van der Waals surface area contributed by atoms with Crippen LogP contribution in [-0.2, 0) is 14.3 Å². The van der Waals surface area contributed by atoms with Crippen LogP contribution in [0.2, 0.25) is 0 Å². The Balaban J connectivity index is 2.69. The minimum Gasteiger partial charge on any atom is -0.444 e. The maximum atomic E-state index is 11.8. The van der Waals surface area contributed by atoms with Crippen LogP contribution >= 0.6 is 0 Å². The van der Waals surface area contributed by atoms with E-state index in [4.69, 9.17) is 9.47 Å². The molecule has 1 aliphatic heterocycles. The van der Waals surface area contributed by atoms with Crippen molar-refractivity contribution in [2.24, 2.45) is 0 Å². The molecule has 0 bridgehead atoms. The van der Waals surface area contributed by atoms with Crippen LogP contribution < -0.4 is 0 Å². The topological polar surface area (TPSA) is 55.8 Å². The van der Waals surface area contributed by atoms with Crippen molar-refractivity contribution < 1.29 is 19.1 Å². The third kappa shape index (κ3) is 3.20. The van der Waals surface area contributed by atoms with Crippen molar-refractivity contribution in [2.75, 3.05) is 13.2 Å². The van der Waals surface area contributed by atoms with Crippen LogP contribution in [0.25, 0.3) is 0 Å². The summed E-state index contributed by atoms with van der Waals surface area (Å²) < 4.78 is 10.5. The smallest absolute Gasteiger partial charge is 0.411 e. The molecule has 0 spiro atoms. The Labute approximate surface area is 95.7 Å². The van der Waals surface area contributed by atoms with Gasteiger partial charge < -0.3 is 14.3 Å². The van der Waals surface area contributed by atoms with Gasteiger partial charge in [0.2, 0.25) is 0 Å². The predicted molar refractivity (Wildman–Crippen MR) is 58.2 cm³/mol. The van der Waals surface area contributed by atoms with Crippen LogP contribution in [-0.4, -0.2) is 48.2 Å². The summed E-state index contributed by atoms with van der Waals surface area (Å²) >= 11 is 0. The Kier molecular flexibility index (Phi) is 3.91. The van der Waals surface area contributed by atoms with E-state index in [0.29, 0.717) is 13.2 Å². The third-order valence-corrected chi connectivity index (χ3v) is 2.32. The zero-order valence-corrected chi connectivity index (χ0v) is 10.2. The molecule has 2 atom stereocenters. The molecule has 0 aromatic heterocycles. The molecule has 1 aliphatic rings. The van der Waals surface area contributed by atoms with Crippen LogP contribution in [0, 0.1) is 0 Å². The molecule has 1 saturated heterocycles. The Morgan fingerprint density at radius 1 is 1.50 bits per heavy atom. The van der Waals surface area contributed by atoms with Gasteiger partial charge in [-0.25, -0.2) is 4.79 Å². The number of aldehydes is 1. The molecule has 1 fully saturated rings. The standard InChI is InChI=1S/C11H19NO4/c1-8-9(7-13)12(5-6-15-8)10(14)16-11(2,3)4/h7-9H,5-6H2,1-4H3. The summed E-state index contributed by atoms with van der Waals surface area (Å²) in [6, 6.07) is -0.552. The highest BCUT2D eigenvalue weighted by Gasteiger charge is 2.34. The van der Waals surface area contributed by atoms with Crippen molar-refractivity contribution in [2.45, 2.75) is 45.4 Å². The van der Waals surface area contributed by atoms with Crippen molar-refractivity contribution in [3.8, 4) is 0 Å². The van der Waals surface area contributed by atoms with E-state index in [9.17, 15) is 9.59 Å². The first kappa shape index (κ1) is 13.0. The average molecular weight is 229 g/mol. The molecule has 2 unspecified atom stereocenters. The molecule has 1 rings (SSSR count). The quantitative estimate of drug-likeness (QED) is 0.634. The molecular formula is C11H19NO4. The van der Waals surface area contributed by atoms with Crippen molar-refractivity contribution in [3.63, 3.8) is 0 Å². The molecule has 16 heavy (non-hydrogen) atoms. The van der Waals surface area contributed by atoms with E-state index in [0.717, 1.165) is 6.29 Å². The van der Waals surface area contributed by atoms with Gasteiger partial charge in [-0.1, -0.05) is 0 Å². The fourth-order valence-electron chi connectivity index (χ4n) is 1.56. The zero-order valence-electron chi connectivity index (χ0n) is 10.2. The van der Waals surface area contributed by atoms with Gasteiger partial charge in [0.05, 0.1) is 12.7 Å². The molecular weight excluding hydrogens is 210 g/mol. The lowest BCUT2D eigenvalue weighted by Crippen LogP contribution is -2.54. The summed E-state index contributed by atoms with van der Waals surface area (Å²) in [4.78, 5) is 24.2. The Morgan fingerprint density at radius 2 is 2.12 bits per heavy atom. The normalized spacial score (nSPS) is 26.4. The van der Waals surface area contributed by atoms with Gasteiger partial charge in [-0.05, 0) is 27.7 Å². The van der Waals surface area contributed by atoms with Crippen LogP contribution in [0.5, 0.6) is 0 Å². The van der Waals surface area contributed by atoms with E-state index in [-0.39, 0.29) is 6.10 Å². The number of ether oxygens (including phenoxy) is 2. The lowest BCUT2D eigenvalue weighted by molar-refractivity contribution is -0.124. The monoisotopic (exact) mass is 229 g/mol. The second kappa shape index (κ2) is 4.82. The number of rotatable bonds is 1. The second-order valence-electron chi connectivity index (χ2n) is 4.88. The van der Waals surface area contributed by atoms with Gasteiger partial charge in [-0.3, -0.25) is 4.90 Å². The first-order valence-electron chi connectivity index (χ1n) is 5.41. The van der Waals surface area contributed by atoms with Gasteiger partial charge in [-0.2, -0.15) is 0 Å². The minimum absolute atomic E-state index is 0.279. The molecule has 0 saturated carbocycles. The van der Waals surface area contributed by atoms with E-state index in [1.165, 1.54) is 4.90 Å². The van der Waals surface area contributed by atoms with Crippen LogP contribution in [0.15, 0.2) is 0 Å². The fourth-order valence-corrected chi connectivity index (χ4v) is 1.56. The number of amides is 1. The summed E-state index contributed by atoms with van der Waals surface area (Å²) in [5, 5.41) is 0. The molecule has 0 aliphatic carbocycles. The molecule has 0 aromatic carbocycles. The Bertz CT molecular complexity index is 272. The number of hydrogen-bond acceptors (Lipinski definition) is 4. The van der Waals surface area contributed by atoms with Gasteiger partial charge in [0.1, 0.15) is 17.9 Å². The van der Waals surface area contributed by atoms with Crippen molar-refractivity contribution >= 4 is 12.4 Å². The molecule has 0 N–H and O–H groups in total. The molecule has 0 radical (unpaired) electrons. The Hall–Kier alpha value is -1.10. The van der Waals surface area contributed by atoms with Gasteiger partial charge >= 0.3 is 6.09 Å². The van der Waals surface area contributed by atoms with E-state index >= 15 is 0 Å². The molecule has 0 aromatic rings. The molecule has 5 heteroatoms. The highest BCUT2D eigenvalue weighted by atomic mass is 16.6. The first-order chi connectivity index (χ1) is 7.35. The zero-order chi connectivity index (χ0) is 12.3. The van der Waals surface area contributed by atoms with Crippen molar-refractivity contribution in [1.82, 2.24) is 4.90 Å². The van der Waals surface area contributed by atoms with Gasteiger partial charge in [0, 0.05) is 6.54 Å². The number of carbonyl (C=O) groups excluding carboxylic acids is 2. The van der Waals surface area contributed by atoms with Crippen LogP contribution in [0.4, 0.5) is 4.79 Å². The fraction of sp³-hybridized carbons (Fsp3) is 0.818. The van der Waals surface area contributed by atoms with Crippen LogP contribution in [0.3, 0.4) is 0 Å². The summed E-state index contributed by atoms with van der Waals surface area (Å²) in [7, 11) is 0. The largest absolute Gasteiger partial charge is 0.444 e. The van der Waals surface area contributed by atoms with Gasteiger partial charge in [-0.15, -0.1) is 0 Å². The molecule has 92 valence electrons. The first-order valence-corrected chi connectivity index (χ1v) is 5.41. The number of hydrogen-bond donors (Lipinski definition) is 0. The SMILES string of the molecule is CC1OCCN(C(=O)OC(C)(C)C)C1C=O. The van der Waals surface area contributed by atoms with Crippen molar-refractivity contribution in [1.29, 1.82) is 0 Å². The summed E-state index contributed by atoms with van der Waals surface area (Å²) in [5.74, 6) is 0.